The van der Waals surface area contributed by atoms with E-state index in [1.54, 1.807) is 18.2 Å². The number of nitriles is 1. The SMILES string of the molecule is C[C@@H](C(=O)Nc1ccccc1C#N)[NH+]1CCC[NH+](CC(=O)NC(C)(C)C)CC1. The Labute approximate surface area is 167 Å². The van der Waals surface area contributed by atoms with Gasteiger partial charge in [0.1, 0.15) is 19.2 Å². The van der Waals surface area contributed by atoms with Crippen LogP contribution in [0.1, 0.15) is 39.7 Å². The molecule has 7 nitrogen and oxygen atoms in total. The lowest BCUT2D eigenvalue weighted by molar-refractivity contribution is -0.942. The van der Waals surface area contributed by atoms with Crippen molar-refractivity contribution >= 4 is 17.5 Å². The summed E-state index contributed by atoms with van der Waals surface area (Å²) in [6.45, 7) is 11.9. The summed E-state index contributed by atoms with van der Waals surface area (Å²) in [7, 11) is 0. The van der Waals surface area contributed by atoms with Crippen molar-refractivity contribution in [2.75, 3.05) is 38.0 Å². The zero-order valence-electron chi connectivity index (χ0n) is 17.4. The van der Waals surface area contributed by atoms with E-state index in [1.807, 2.05) is 33.8 Å². The molecule has 1 fully saturated rings. The van der Waals surface area contributed by atoms with Gasteiger partial charge in [0, 0.05) is 12.0 Å². The number of nitrogens with zero attached hydrogens (tertiary/aromatic N) is 1. The van der Waals surface area contributed by atoms with Crippen molar-refractivity contribution in [2.45, 2.75) is 45.7 Å². The highest BCUT2D eigenvalue weighted by atomic mass is 16.2. The summed E-state index contributed by atoms with van der Waals surface area (Å²) < 4.78 is 0. The molecule has 0 aromatic heterocycles. The molecular formula is C21H33N5O2+2. The molecule has 0 bridgehead atoms. The van der Waals surface area contributed by atoms with E-state index in [-0.39, 0.29) is 23.4 Å². The van der Waals surface area contributed by atoms with Gasteiger partial charge in [0.15, 0.2) is 12.6 Å². The molecule has 28 heavy (non-hydrogen) atoms. The number of hydrogen-bond donors (Lipinski definition) is 4. The van der Waals surface area contributed by atoms with Crippen molar-refractivity contribution in [3.8, 4) is 6.07 Å². The first-order valence-electron chi connectivity index (χ1n) is 9.99. The molecule has 1 aromatic carbocycles. The molecular weight excluding hydrogens is 354 g/mol. The minimum atomic E-state index is -0.216. The van der Waals surface area contributed by atoms with Crippen LogP contribution in [-0.2, 0) is 9.59 Å². The van der Waals surface area contributed by atoms with Gasteiger partial charge in [0.05, 0.1) is 24.3 Å². The lowest BCUT2D eigenvalue weighted by atomic mass is 10.1. The van der Waals surface area contributed by atoms with E-state index in [0.29, 0.717) is 17.8 Å². The third-order valence-electron chi connectivity index (χ3n) is 5.06. The third kappa shape index (κ3) is 6.63. The summed E-state index contributed by atoms with van der Waals surface area (Å²) in [5.74, 6) is -0.00326. The van der Waals surface area contributed by atoms with Gasteiger partial charge in [0.25, 0.3) is 11.8 Å². The maximum atomic E-state index is 12.7. The first kappa shape index (κ1) is 21.9. The molecule has 0 radical (unpaired) electrons. The van der Waals surface area contributed by atoms with E-state index < -0.39 is 0 Å². The minimum Gasteiger partial charge on any atom is -0.347 e. The third-order valence-corrected chi connectivity index (χ3v) is 5.06. The van der Waals surface area contributed by atoms with Crippen LogP contribution in [-0.4, -0.2) is 56.1 Å². The second-order valence-corrected chi connectivity index (χ2v) is 8.61. The normalized spacial score (nSPS) is 21.1. The molecule has 3 atom stereocenters. The van der Waals surface area contributed by atoms with Crippen molar-refractivity contribution < 1.29 is 19.4 Å². The van der Waals surface area contributed by atoms with E-state index in [2.05, 4.69) is 16.7 Å². The number of benzene rings is 1. The van der Waals surface area contributed by atoms with Gasteiger partial charge < -0.3 is 20.4 Å². The number of para-hydroxylation sites is 1. The maximum Gasteiger partial charge on any atom is 0.282 e. The van der Waals surface area contributed by atoms with Crippen LogP contribution in [0.15, 0.2) is 24.3 Å². The molecule has 1 aromatic rings. The Morgan fingerprint density at radius 3 is 2.57 bits per heavy atom. The van der Waals surface area contributed by atoms with Gasteiger partial charge in [-0.05, 0) is 39.8 Å². The summed E-state index contributed by atoms with van der Waals surface area (Å²) in [4.78, 5) is 27.4. The van der Waals surface area contributed by atoms with E-state index in [0.717, 1.165) is 32.6 Å². The zero-order chi connectivity index (χ0) is 20.7. The smallest absolute Gasteiger partial charge is 0.282 e. The van der Waals surface area contributed by atoms with Crippen molar-refractivity contribution in [1.82, 2.24) is 5.32 Å². The molecule has 7 heteroatoms. The Kier molecular flexibility index (Phi) is 7.55. The maximum absolute atomic E-state index is 12.7. The van der Waals surface area contributed by atoms with Crippen LogP contribution in [0.5, 0.6) is 0 Å². The lowest BCUT2D eigenvalue weighted by Gasteiger charge is -2.24. The van der Waals surface area contributed by atoms with Gasteiger partial charge >= 0.3 is 0 Å². The molecule has 1 saturated heterocycles. The Morgan fingerprint density at radius 2 is 1.89 bits per heavy atom. The summed E-state index contributed by atoms with van der Waals surface area (Å²) in [6, 6.07) is 8.93. The number of quaternary nitrogens is 2. The van der Waals surface area contributed by atoms with Crippen molar-refractivity contribution in [1.29, 1.82) is 5.26 Å². The first-order valence-corrected chi connectivity index (χ1v) is 9.99. The number of hydrogen-bond acceptors (Lipinski definition) is 3. The highest BCUT2D eigenvalue weighted by Crippen LogP contribution is 2.13. The highest BCUT2D eigenvalue weighted by molar-refractivity contribution is 5.94. The van der Waals surface area contributed by atoms with Gasteiger partial charge in [-0.1, -0.05) is 12.1 Å². The molecule has 2 amide bonds. The summed E-state index contributed by atoms with van der Waals surface area (Å²) in [5, 5.41) is 15.1. The topological polar surface area (TPSA) is 90.9 Å². The summed E-state index contributed by atoms with van der Waals surface area (Å²) >= 11 is 0. The van der Waals surface area contributed by atoms with E-state index in [4.69, 9.17) is 0 Å². The Morgan fingerprint density at radius 1 is 1.18 bits per heavy atom. The van der Waals surface area contributed by atoms with E-state index in [9.17, 15) is 14.9 Å². The monoisotopic (exact) mass is 387 g/mol. The van der Waals surface area contributed by atoms with Gasteiger partial charge in [-0.25, -0.2) is 0 Å². The summed E-state index contributed by atoms with van der Waals surface area (Å²) in [6.07, 6.45) is 0.972. The number of carbonyl (C=O) groups excluding carboxylic acids is 2. The second-order valence-electron chi connectivity index (χ2n) is 8.61. The first-order chi connectivity index (χ1) is 13.2. The molecule has 1 aliphatic heterocycles. The standard InChI is InChI=1S/C21H31N5O2/c1-16(20(28)23-18-9-6-5-8-17(18)14-22)26-11-7-10-25(12-13-26)15-19(27)24-21(2,3)4/h5-6,8-9,16H,7,10-13,15H2,1-4H3,(H,23,28)(H,24,27)/p+2/t16-/m0/s1. The van der Waals surface area contributed by atoms with Gasteiger partial charge in [-0.2, -0.15) is 5.26 Å². The number of rotatable bonds is 5. The molecule has 0 saturated carbocycles. The number of amides is 2. The Balaban J connectivity index is 1.89. The van der Waals surface area contributed by atoms with Gasteiger partial charge in [-0.15, -0.1) is 0 Å². The molecule has 0 aliphatic carbocycles. The van der Waals surface area contributed by atoms with E-state index >= 15 is 0 Å². The van der Waals surface area contributed by atoms with Gasteiger partial charge in [0.2, 0.25) is 0 Å². The van der Waals surface area contributed by atoms with Crippen LogP contribution < -0.4 is 20.4 Å². The molecule has 2 rings (SSSR count). The predicted molar refractivity (Wildman–Crippen MR) is 108 cm³/mol. The minimum absolute atomic E-state index is 0.0739. The molecule has 0 spiro atoms. The van der Waals surface area contributed by atoms with Crippen molar-refractivity contribution in [3.05, 3.63) is 29.8 Å². The average Bonchev–Trinajstić information content (AvgIpc) is 2.85. The molecule has 1 heterocycles. The fourth-order valence-electron chi connectivity index (χ4n) is 3.57. The second kappa shape index (κ2) is 9.67. The lowest BCUT2D eigenvalue weighted by Crippen LogP contribution is -3.20. The quantitative estimate of drug-likeness (QED) is 0.521. The van der Waals surface area contributed by atoms with Crippen LogP contribution in [0.3, 0.4) is 0 Å². The average molecular weight is 388 g/mol. The number of nitrogens with one attached hydrogen (secondary N) is 4. The van der Waals surface area contributed by atoms with Gasteiger partial charge in [-0.3, -0.25) is 9.59 Å². The molecule has 4 N–H and O–H groups in total. The highest BCUT2D eigenvalue weighted by Gasteiger charge is 2.30. The zero-order valence-corrected chi connectivity index (χ0v) is 17.4. The van der Waals surface area contributed by atoms with Crippen LogP contribution >= 0.6 is 0 Å². The van der Waals surface area contributed by atoms with Crippen LogP contribution in [0.4, 0.5) is 5.69 Å². The van der Waals surface area contributed by atoms with Crippen molar-refractivity contribution in [3.63, 3.8) is 0 Å². The Hall–Kier alpha value is -2.43. The fourth-order valence-corrected chi connectivity index (χ4v) is 3.57. The van der Waals surface area contributed by atoms with Crippen molar-refractivity contribution in [2.24, 2.45) is 0 Å². The van der Waals surface area contributed by atoms with Crippen LogP contribution in [0, 0.1) is 11.3 Å². The largest absolute Gasteiger partial charge is 0.347 e. The number of anilines is 1. The molecule has 1 aliphatic rings. The Bertz CT molecular complexity index is 735. The predicted octanol–water partition coefficient (Wildman–Crippen LogP) is -1.03. The number of carbonyl (C=O) groups is 2. The van der Waals surface area contributed by atoms with Crippen LogP contribution in [0.2, 0.25) is 0 Å². The van der Waals surface area contributed by atoms with E-state index in [1.165, 1.54) is 9.80 Å². The fraction of sp³-hybridized carbons (Fsp3) is 0.571. The molecule has 2 unspecified atom stereocenters. The molecule has 152 valence electrons. The summed E-state index contributed by atoms with van der Waals surface area (Å²) in [5.41, 5.74) is 0.808. The van der Waals surface area contributed by atoms with Crippen LogP contribution in [0.25, 0.3) is 0 Å².